The molecule has 19 heteroatoms. The third-order valence-corrected chi connectivity index (χ3v) is 8.70. The number of fused-ring (bicyclic) bond motifs is 1. The van der Waals surface area contributed by atoms with E-state index in [-0.39, 0.29) is 36.0 Å². The Kier molecular flexibility index (Phi) is 11.7. The van der Waals surface area contributed by atoms with Crippen LogP contribution in [0.25, 0.3) is 6.08 Å². The quantitative estimate of drug-likeness (QED) is 0.0653. The van der Waals surface area contributed by atoms with Crippen LogP contribution in [0.15, 0.2) is 53.2 Å². The molecule has 2 aromatic carbocycles. The SMILES string of the molecule is CC(=Cc1ccc(OC2OC(/C(C)=N\OCc3cccc(Cl)c3)C(O)C2O)c(OP(=O)(O)O)c1)C(=O)NC1C(O)C(O)C2OCOC2C1O. The zero-order chi connectivity index (χ0) is 35.6. The van der Waals surface area contributed by atoms with Crippen LogP contribution < -0.4 is 14.6 Å². The van der Waals surface area contributed by atoms with Crippen molar-refractivity contribution in [2.75, 3.05) is 6.79 Å². The molecule has 0 radical (unpaired) electrons. The zero-order valence-electron chi connectivity index (χ0n) is 26.0. The van der Waals surface area contributed by atoms with Crippen molar-refractivity contribution in [3.05, 3.63) is 64.2 Å². The molecular formula is C30H36ClN2O15P. The van der Waals surface area contributed by atoms with E-state index < -0.39 is 80.6 Å². The number of amides is 1. The Morgan fingerprint density at radius 1 is 0.980 bits per heavy atom. The largest absolute Gasteiger partial charge is 0.524 e. The highest BCUT2D eigenvalue weighted by Gasteiger charge is 2.53. The first kappa shape index (κ1) is 37.1. The van der Waals surface area contributed by atoms with Gasteiger partial charge >= 0.3 is 7.82 Å². The van der Waals surface area contributed by atoms with Gasteiger partial charge in [0.25, 0.3) is 0 Å². The van der Waals surface area contributed by atoms with Gasteiger partial charge in [-0.05, 0) is 55.3 Å². The van der Waals surface area contributed by atoms with Gasteiger partial charge in [0.15, 0.2) is 11.5 Å². The van der Waals surface area contributed by atoms with E-state index in [0.717, 1.165) is 11.6 Å². The normalized spacial score (nSPS) is 32.0. The summed E-state index contributed by atoms with van der Waals surface area (Å²) >= 11 is 5.97. The maximum atomic E-state index is 13.0. The number of phosphoric acid groups is 1. The van der Waals surface area contributed by atoms with E-state index in [0.29, 0.717) is 5.02 Å². The summed E-state index contributed by atoms with van der Waals surface area (Å²) in [6.45, 7) is 2.75. The lowest BCUT2D eigenvalue weighted by Crippen LogP contribution is -2.67. The minimum absolute atomic E-state index is 0.0308. The molecule has 8 N–H and O–H groups in total. The van der Waals surface area contributed by atoms with Gasteiger partial charge in [-0.25, -0.2) is 4.57 Å². The summed E-state index contributed by atoms with van der Waals surface area (Å²) in [6.07, 6.45) is -10.9. The number of carbonyl (C=O) groups excluding carboxylic acids is 1. The van der Waals surface area contributed by atoms with Crippen LogP contribution >= 0.6 is 19.4 Å². The molecule has 3 aliphatic rings. The molecule has 0 aromatic heterocycles. The van der Waals surface area contributed by atoms with E-state index in [4.69, 9.17) is 39.9 Å². The highest BCUT2D eigenvalue weighted by molar-refractivity contribution is 7.46. The summed E-state index contributed by atoms with van der Waals surface area (Å²) in [5.41, 5.74) is 1.13. The molecular weight excluding hydrogens is 695 g/mol. The lowest BCUT2D eigenvalue weighted by atomic mass is 9.83. The Morgan fingerprint density at radius 3 is 2.39 bits per heavy atom. The van der Waals surface area contributed by atoms with Crippen molar-refractivity contribution in [2.45, 2.75) is 81.6 Å². The van der Waals surface area contributed by atoms with Crippen LogP contribution in [-0.4, -0.2) is 115 Å². The Morgan fingerprint density at radius 2 is 1.69 bits per heavy atom. The molecule has 1 aliphatic carbocycles. The van der Waals surface area contributed by atoms with E-state index in [1.165, 1.54) is 32.1 Å². The molecule has 2 aliphatic heterocycles. The van der Waals surface area contributed by atoms with Crippen molar-refractivity contribution in [3.8, 4) is 11.5 Å². The number of aliphatic hydroxyl groups is 5. The second-order valence-corrected chi connectivity index (χ2v) is 13.2. The summed E-state index contributed by atoms with van der Waals surface area (Å²) in [7, 11) is -5.16. The Balaban J connectivity index is 1.27. The summed E-state index contributed by atoms with van der Waals surface area (Å²) in [5.74, 6) is -1.53. The second kappa shape index (κ2) is 15.4. The molecule has 3 fully saturated rings. The van der Waals surface area contributed by atoms with Gasteiger partial charge in [-0.3, -0.25) is 14.6 Å². The lowest BCUT2D eigenvalue weighted by molar-refractivity contribution is -0.155. The molecule has 0 spiro atoms. The molecule has 1 saturated carbocycles. The second-order valence-electron chi connectivity index (χ2n) is 11.6. The van der Waals surface area contributed by atoms with E-state index in [2.05, 4.69) is 10.5 Å². The molecule has 0 bridgehead atoms. The maximum absolute atomic E-state index is 13.0. The first-order chi connectivity index (χ1) is 23.1. The molecule has 2 heterocycles. The van der Waals surface area contributed by atoms with E-state index in [1.807, 2.05) is 0 Å². The molecule has 268 valence electrons. The smallest absolute Gasteiger partial charge is 0.458 e. The van der Waals surface area contributed by atoms with Gasteiger partial charge in [0.1, 0.15) is 62.2 Å². The van der Waals surface area contributed by atoms with Crippen LogP contribution in [0.4, 0.5) is 0 Å². The molecule has 2 aromatic rings. The number of hydrogen-bond acceptors (Lipinski definition) is 14. The van der Waals surface area contributed by atoms with Crippen molar-refractivity contribution < 1.29 is 73.0 Å². The van der Waals surface area contributed by atoms with Crippen LogP contribution in [0.3, 0.4) is 0 Å². The fourth-order valence-electron chi connectivity index (χ4n) is 5.55. The van der Waals surface area contributed by atoms with Crippen molar-refractivity contribution >= 4 is 37.1 Å². The minimum Gasteiger partial charge on any atom is -0.458 e. The molecule has 17 nitrogen and oxygen atoms in total. The van der Waals surface area contributed by atoms with Crippen LogP contribution in [0.1, 0.15) is 25.0 Å². The van der Waals surface area contributed by atoms with E-state index in [1.54, 1.807) is 24.3 Å². The summed E-state index contributed by atoms with van der Waals surface area (Å²) in [4.78, 5) is 37.4. The average molecular weight is 731 g/mol. The number of ether oxygens (including phenoxy) is 4. The number of carbonyl (C=O) groups is 1. The highest BCUT2D eigenvalue weighted by atomic mass is 35.5. The number of rotatable bonds is 11. The number of aliphatic hydroxyl groups excluding tert-OH is 5. The van der Waals surface area contributed by atoms with Crippen molar-refractivity contribution in [1.29, 1.82) is 0 Å². The Hall–Kier alpha value is -3.16. The lowest BCUT2D eigenvalue weighted by Gasteiger charge is -2.41. The van der Waals surface area contributed by atoms with Crippen LogP contribution in [-0.2, 0) is 35.0 Å². The minimum atomic E-state index is -5.16. The van der Waals surface area contributed by atoms with E-state index >= 15 is 0 Å². The van der Waals surface area contributed by atoms with Gasteiger partial charge in [0.2, 0.25) is 12.2 Å². The number of halogens is 1. The maximum Gasteiger partial charge on any atom is 0.524 e. The van der Waals surface area contributed by atoms with Gasteiger partial charge < -0.3 is 59.2 Å². The number of nitrogens with one attached hydrogen (secondary N) is 1. The molecule has 10 atom stereocenters. The molecule has 2 saturated heterocycles. The van der Waals surface area contributed by atoms with Crippen LogP contribution in [0.2, 0.25) is 5.02 Å². The fraction of sp³-hybridized carbons (Fsp3) is 0.467. The first-order valence-electron chi connectivity index (χ1n) is 14.9. The number of hydrogen-bond donors (Lipinski definition) is 8. The van der Waals surface area contributed by atoms with Gasteiger partial charge in [-0.2, -0.15) is 0 Å². The molecule has 5 rings (SSSR count). The third kappa shape index (κ3) is 8.78. The molecule has 10 unspecified atom stereocenters. The van der Waals surface area contributed by atoms with Crippen LogP contribution in [0, 0.1) is 0 Å². The van der Waals surface area contributed by atoms with Gasteiger partial charge in [0, 0.05) is 10.6 Å². The monoisotopic (exact) mass is 730 g/mol. The number of benzene rings is 2. The first-order valence-corrected chi connectivity index (χ1v) is 16.8. The fourth-order valence-corrected chi connectivity index (χ4v) is 6.16. The van der Waals surface area contributed by atoms with Gasteiger partial charge in [-0.15, -0.1) is 0 Å². The summed E-state index contributed by atoms with van der Waals surface area (Å²) in [6, 6.07) is 9.36. The predicted molar refractivity (Wildman–Crippen MR) is 168 cm³/mol. The third-order valence-electron chi connectivity index (χ3n) is 8.03. The molecule has 49 heavy (non-hydrogen) atoms. The van der Waals surface area contributed by atoms with E-state index in [9.17, 15) is 44.7 Å². The Bertz CT molecular complexity index is 1620. The zero-order valence-corrected chi connectivity index (χ0v) is 27.6. The summed E-state index contributed by atoms with van der Waals surface area (Å²) in [5, 5.41) is 59.7. The van der Waals surface area contributed by atoms with Crippen molar-refractivity contribution in [1.82, 2.24) is 5.32 Å². The van der Waals surface area contributed by atoms with Gasteiger partial charge in [0.05, 0.1) is 11.8 Å². The standard InChI is InChI=1S/C30H36ClN2O15P/c1-13(29(39)32-20-21(34)23(36)28-27(22(20)35)43-12-44-28)8-15-6-7-18(19(10-15)48-49(40,41)42)46-30-25(38)24(37)26(47-30)14(2)33-45-11-16-4-3-5-17(31)9-16/h3-10,20-28,30,34-38H,11-12H2,1-2H3,(H,32,39)(H2,40,41,42)/b13-8?,33-14-. The topological polar surface area (TPSA) is 256 Å². The predicted octanol–water partition coefficient (Wildman–Crippen LogP) is -0.0444. The average Bonchev–Trinajstić information content (AvgIpc) is 3.64. The molecule has 1 amide bonds. The van der Waals surface area contributed by atoms with Crippen molar-refractivity contribution in [2.24, 2.45) is 5.16 Å². The highest BCUT2D eigenvalue weighted by Crippen LogP contribution is 2.43. The number of nitrogens with zero attached hydrogens (tertiary/aromatic N) is 1. The Labute approximate surface area is 284 Å². The van der Waals surface area contributed by atoms with Gasteiger partial charge in [-0.1, -0.05) is 35.0 Å². The number of oxime groups is 1. The summed E-state index contributed by atoms with van der Waals surface area (Å²) < 4.78 is 38.4. The van der Waals surface area contributed by atoms with Crippen molar-refractivity contribution in [3.63, 3.8) is 0 Å². The van der Waals surface area contributed by atoms with Crippen LogP contribution in [0.5, 0.6) is 11.5 Å². The number of phosphoric ester groups is 1.